The van der Waals surface area contributed by atoms with Crippen LogP contribution in [0.15, 0.2) is 54.6 Å². The fourth-order valence-electron chi connectivity index (χ4n) is 1.70. The van der Waals surface area contributed by atoms with Crippen LogP contribution in [0.25, 0.3) is 17.1 Å². The third-order valence-electron chi connectivity index (χ3n) is 2.71. The molecule has 4 nitrogen and oxygen atoms in total. The smallest absolute Gasteiger partial charge is 0.130 e. The second-order valence-electron chi connectivity index (χ2n) is 4.10. The van der Waals surface area contributed by atoms with Crippen molar-refractivity contribution in [3.8, 4) is 17.1 Å². The van der Waals surface area contributed by atoms with Gasteiger partial charge in [-0.2, -0.15) is 0 Å². The molecule has 0 unspecified atom stereocenters. The van der Waals surface area contributed by atoms with Crippen molar-refractivity contribution in [1.82, 2.24) is 20.2 Å². The lowest BCUT2D eigenvalue weighted by Gasteiger charge is -1.96. The Balaban J connectivity index is 0.000000704. The zero-order valence-corrected chi connectivity index (χ0v) is 12.0. The molecule has 2 aromatic carbocycles. The van der Waals surface area contributed by atoms with Crippen LogP contribution in [0.1, 0.15) is 19.4 Å². The third kappa shape index (κ3) is 3.09. The molecule has 0 aliphatic carbocycles. The molecule has 0 amide bonds. The molecular weight excluding hydrogens is 248 g/mol. The fourth-order valence-corrected chi connectivity index (χ4v) is 1.70. The lowest BCUT2D eigenvalue weighted by atomic mass is 10.1. The first-order chi connectivity index (χ1) is 9.83. The topological polar surface area (TPSA) is 43.6 Å². The highest BCUT2D eigenvalue weighted by atomic mass is 15.6. The van der Waals surface area contributed by atoms with Gasteiger partial charge in [0.15, 0.2) is 0 Å². The molecule has 0 saturated carbocycles. The number of para-hydroxylation sites is 1. The van der Waals surface area contributed by atoms with Crippen LogP contribution in [0.3, 0.4) is 0 Å². The zero-order chi connectivity index (χ0) is 14.4. The lowest BCUT2D eigenvalue weighted by molar-refractivity contribution is 0.720. The Bertz CT molecular complexity index is 642. The Morgan fingerprint density at radius 3 is 2.15 bits per heavy atom. The molecule has 3 rings (SSSR count). The Morgan fingerprint density at radius 1 is 0.850 bits per heavy atom. The van der Waals surface area contributed by atoms with Crippen molar-refractivity contribution < 1.29 is 0 Å². The van der Waals surface area contributed by atoms with Crippen LogP contribution < -0.4 is 0 Å². The molecule has 0 atom stereocenters. The van der Waals surface area contributed by atoms with Crippen LogP contribution in [-0.2, 0) is 0 Å². The maximum absolute atomic E-state index is 4.37. The number of aromatic nitrogens is 4. The number of aryl methyl sites for hydroxylation is 1. The van der Waals surface area contributed by atoms with Gasteiger partial charge in [-0.25, -0.2) is 0 Å². The van der Waals surface area contributed by atoms with Crippen molar-refractivity contribution in [3.05, 3.63) is 60.2 Å². The summed E-state index contributed by atoms with van der Waals surface area (Å²) in [6.07, 6.45) is 0. The van der Waals surface area contributed by atoms with E-state index in [4.69, 9.17) is 0 Å². The number of nitrogens with zero attached hydrogens (tertiary/aromatic N) is 4. The summed E-state index contributed by atoms with van der Waals surface area (Å²) in [6.45, 7) is 6.05. The van der Waals surface area contributed by atoms with E-state index in [-0.39, 0.29) is 0 Å². The standard InChI is InChI=1S/C14H12N4.C2H6/c1-11-7-9-12(10-8-11)14-15-17-18(16-14)13-5-3-2-4-6-13;1-2/h2-10H,1H3;1-2H3. The van der Waals surface area contributed by atoms with Gasteiger partial charge in [-0.15, -0.1) is 15.0 Å². The van der Waals surface area contributed by atoms with Crippen LogP contribution in [0.5, 0.6) is 0 Å². The Morgan fingerprint density at radius 2 is 1.50 bits per heavy atom. The Hall–Kier alpha value is -2.49. The average Bonchev–Trinajstić information content (AvgIpc) is 3.01. The maximum atomic E-state index is 4.37. The molecule has 0 aliphatic heterocycles. The van der Waals surface area contributed by atoms with Crippen LogP contribution in [0, 0.1) is 6.92 Å². The molecule has 4 heteroatoms. The number of benzene rings is 2. The number of rotatable bonds is 2. The van der Waals surface area contributed by atoms with Crippen molar-refractivity contribution >= 4 is 0 Å². The normalized spacial score (nSPS) is 9.75. The molecule has 0 saturated heterocycles. The van der Waals surface area contributed by atoms with Gasteiger partial charge >= 0.3 is 0 Å². The van der Waals surface area contributed by atoms with Crippen LogP contribution >= 0.6 is 0 Å². The van der Waals surface area contributed by atoms with Gasteiger partial charge in [-0.1, -0.05) is 61.9 Å². The summed E-state index contributed by atoms with van der Waals surface area (Å²) in [5, 5.41) is 12.5. The minimum atomic E-state index is 0.638. The minimum absolute atomic E-state index is 0.638. The molecule has 0 aliphatic rings. The summed E-state index contributed by atoms with van der Waals surface area (Å²) in [5.41, 5.74) is 3.10. The van der Waals surface area contributed by atoms with Crippen molar-refractivity contribution in [3.63, 3.8) is 0 Å². The maximum Gasteiger partial charge on any atom is 0.205 e. The highest BCUT2D eigenvalue weighted by molar-refractivity contribution is 5.54. The predicted octanol–water partition coefficient (Wildman–Crippen LogP) is 3.66. The van der Waals surface area contributed by atoms with Gasteiger partial charge in [0.25, 0.3) is 0 Å². The van der Waals surface area contributed by atoms with E-state index in [2.05, 4.69) is 22.3 Å². The van der Waals surface area contributed by atoms with Gasteiger partial charge in [0, 0.05) is 5.56 Å². The van der Waals surface area contributed by atoms with E-state index in [1.807, 2.05) is 68.4 Å². The highest BCUT2D eigenvalue weighted by Gasteiger charge is 2.06. The molecular formula is C16H18N4. The molecule has 0 radical (unpaired) electrons. The first kappa shape index (κ1) is 13.9. The van der Waals surface area contributed by atoms with Crippen LogP contribution in [-0.4, -0.2) is 20.2 Å². The van der Waals surface area contributed by atoms with Gasteiger partial charge in [0.2, 0.25) is 5.82 Å². The SMILES string of the molecule is CC.Cc1ccc(-c2nnn(-c3ccccc3)n2)cc1. The van der Waals surface area contributed by atoms with E-state index in [0.29, 0.717) is 5.82 Å². The third-order valence-corrected chi connectivity index (χ3v) is 2.71. The molecule has 1 aromatic heterocycles. The van der Waals surface area contributed by atoms with Crippen molar-refractivity contribution in [2.24, 2.45) is 0 Å². The van der Waals surface area contributed by atoms with E-state index >= 15 is 0 Å². The first-order valence-electron chi connectivity index (χ1n) is 6.75. The van der Waals surface area contributed by atoms with Crippen molar-refractivity contribution in [2.45, 2.75) is 20.8 Å². The van der Waals surface area contributed by atoms with Crippen molar-refractivity contribution in [2.75, 3.05) is 0 Å². The van der Waals surface area contributed by atoms with E-state index in [1.54, 1.807) is 0 Å². The first-order valence-corrected chi connectivity index (χ1v) is 6.75. The lowest BCUT2D eigenvalue weighted by Crippen LogP contribution is -1.98. The number of hydrogen-bond donors (Lipinski definition) is 0. The van der Waals surface area contributed by atoms with Gasteiger partial charge in [-0.3, -0.25) is 0 Å². The van der Waals surface area contributed by atoms with Crippen LogP contribution in [0.4, 0.5) is 0 Å². The van der Waals surface area contributed by atoms with E-state index < -0.39 is 0 Å². The summed E-state index contributed by atoms with van der Waals surface area (Å²) >= 11 is 0. The minimum Gasteiger partial charge on any atom is -0.130 e. The van der Waals surface area contributed by atoms with E-state index in [0.717, 1.165) is 11.3 Å². The average molecular weight is 266 g/mol. The Labute approximate surface area is 119 Å². The summed E-state index contributed by atoms with van der Waals surface area (Å²) in [7, 11) is 0. The zero-order valence-electron chi connectivity index (χ0n) is 12.0. The summed E-state index contributed by atoms with van der Waals surface area (Å²) in [6, 6.07) is 17.8. The molecule has 0 spiro atoms. The quantitative estimate of drug-likeness (QED) is 0.711. The monoisotopic (exact) mass is 266 g/mol. The molecule has 0 N–H and O–H groups in total. The molecule has 0 fully saturated rings. The second kappa shape index (κ2) is 6.61. The molecule has 3 aromatic rings. The largest absolute Gasteiger partial charge is 0.205 e. The molecule has 1 heterocycles. The molecule has 0 bridgehead atoms. The van der Waals surface area contributed by atoms with Gasteiger partial charge < -0.3 is 0 Å². The number of hydrogen-bond acceptors (Lipinski definition) is 3. The van der Waals surface area contributed by atoms with Crippen LogP contribution in [0.2, 0.25) is 0 Å². The van der Waals surface area contributed by atoms with E-state index in [1.165, 1.54) is 10.4 Å². The van der Waals surface area contributed by atoms with Gasteiger partial charge in [0.1, 0.15) is 0 Å². The van der Waals surface area contributed by atoms with Gasteiger partial charge in [-0.05, 0) is 24.3 Å². The second-order valence-corrected chi connectivity index (χ2v) is 4.10. The molecule has 102 valence electrons. The van der Waals surface area contributed by atoms with Gasteiger partial charge in [0.05, 0.1) is 5.69 Å². The Kier molecular flexibility index (Phi) is 4.60. The predicted molar refractivity (Wildman–Crippen MR) is 80.7 cm³/mol. The summed E-state index contributed by atoms with van der Waals surface area (Å²) < 4.78 is 0. The van der Waals surface area contributed by atoms with E-state index in [9.17, 15) is 0 Å². The number of tetrazole rings is 1. The fraction of sp³-hybridized carbons (Fsp3) is 0.188. The summed E-state index contributed by atoms with van der Waals surface area (Å²) in [4.78, 5) is 1.54. The summed E-state index contributed by atoms with van der Waals surface area (Å²) in [5.74, 6) is 0.638. The highest BCUT2D eigenvalue weighted by Crippen LogP contribution is 2.15. The molecule has 20 heavy (non-hydrogen) atoms. The van der Waals surface area contributed by atoms with Crippen molar-refractivity contribution in [1.29, 1.82) is 0 Å².